The third-order valence-corrected chi connectivity index (χ3v) is 4.62. The quantitative estimate of drug-likeness (QED) is 0.354. The van der Waals surface area contributed by atoms with Crippen molar-refractivity contribution in [1.82, 2.24) is 5.32 Å². The van der Waals surface area contributed by atoms with E-state index in [1.54, 1.807) is 0 Å². The van der Waals surface area contributed by atoms with Crippen molar-refractivity contribution in [2.45, 2.75) is 76.9 Å². The van der Waals surface area contributed by atoms with Crippen LogP contribution in [0.15, 0.2) is 10.2 Å². The lowest BCUT2D eigenvalue weighted by molar-refractivity contribution is -0.305. The standard InChI is InChI=1S/C16H27N3O3S/c1-3-5-7-9-12(10-8-6-4-2)18-19-16-17-15(22)13(23-16)11-14(20)21/h13H,3-11H2,1-2H3,(H,20,21)(H,17,19,22)/p-1/t13-/m1/s1. The lowest BCUT2D eigenvalue weighted by Crippen LogP contribution is -2.31. The summed E-state index contributed by atoms with van der Waals surface area (Å²) in [6.45, 7) is 4.33. The van der Waals surface area contributed by atoms with E-state index in [1.807, 2.05) is 0 Å². The fourth-order valence-corrected chi connectivity index (χ4v) is 3.14. The molecule has 1 rings (SSSR count). The predicted molar refractivity (Wildman–Crippen MR) is 92.3 cm³/mol. The molecule has 0 aromatic heterocycles. The van der Waals surface area contributed by atoms with Gasteiger partial charge in [-0.25, -0.2) is 0 Å². The van der Waals surface area contributed by atoms with Crippen LogP contribution in [0.4, 0.5) is 0 Å². The van der Waals surface area contributed by atoms with E-state index in [0.29, 0.717) is 5.17 Å². The second-order valence-corrected chi connectivity index (χ2v) is 6.85. The van der Waals surface area contributed by atoms with Crippen LogP contribution >= 0.6 is 11.8 Å². The van der Waals surface area contributed by atoms with Gasteiger partial charge >= 0.3 is 0 Å². The number of amides is 1. The van der Waals surface area contributed by atoms with Crippen LogP contribution in [0.5, 0.6) is 0 Å². The van der Waals surface area contributed by atoms with Crippen molar-refractivity contribution in [1.29, 1.82) is 0 Å². The minimum atomic E-state index is -1.23. The molecule has 23 heavy (non-hydrogen) atoms. The molecule has 0 aromatic carbocycles. The van der Waals surface area contributed by atoms with Gasteiger partial charge < -0.3 is 15.2 Å². The number of nitrogens with zero attached hydrogens (tertiary/aromatic N) is 2. The van der Waals surface area contributed by atoms with E-state index < -0.39 is 11.2 Å². The summed E-state index contributed by atoms with van der Waals surface area (Å²) < 4.78 is 0. The van der Waals surface area contributed by atoms with E-state index in [-0.39, 0.29) is 12.3 Å². The van der Waals surface area contributed by atoms with Crippen LogP contribution in [0.3, 0.4) is 0 Å². The number of thioether (sulfide) groups is 1. The van der Waals surface area contributed by atoms with Gasteiger partial charge in [-0.15, -0.1) is 5.10 Å². The molecule has 1 N–H and O–H groups in total. The summed E-state index contributed by atoms with van der Waals surface area (Å²) in [7, 11) is 0. The van der Waals surface area contributed by atoms with Gasteiger partial charge in [-0.3, -0.25) is 4.79 Å². The molecule has 1 aliphatic rings. The summed E-state index contributed by atoms with van der Waals surface area (Å²) in [5.74, 6) is -1.58. The Hall–Kier alpha value is -1.37. The number of unbranched alkanes of at least 4 members (excludes halogenated alkanes) is 4. The topological polar surface area (TPSA) is 94.0 Å². The minimum absolute atomic E-state index is 0.306. The van der Waals surface area contributed by atoms with E-state index in [9.17, 15) is 14.7 Å². The van der Waals surface area contributed by atoms with E-state index in [1.165, 1.54) is 12.8 Å². The molecule has 1 heterocycles. The second kappa shape index (κ2) is 11.2. The van der Waals surface area contributed by atoms with Crippen molar-refractivity contribution in [3.05, 3.63) is 0 Å². The smallest absolute Gasteiger partial charge is 0.239 e. The molecule has 1 aliphatic heterocycles. The van der Waals surface area contributed by atoms with Gasteiger partial charge in [0.05, 0.1) is 5.25 Å². The molecule has 0 radical (unpaired) electrons. The normalized spacial score (nSPS) is 19.0. The van der Waals surface area contributed by atoms with Crippen LogP contribution in [0.2, 0.25) is 0 Å². The highest BCUT2D eigenvalue weighted by molar-refractivity contribution is 8.15. The molecule has 0 aromatic rings. The van der Waals surface area contributed by atoms with Gasteiger partial charge in [0.2, 0.25) is 5.91 Å². The van der Waals surface area contributed by atoms with Crippen molar-refractivity contribution in [3.8, 4) is 0 Å². The van der Waals surface area contributed by atoms with Gasteiger partial charge in [0.1, 0.15) is 0 Å². The number of rotatable bonds is 11. The van der Waals surface area contributed by atoms with Crippen LogP contribution in [-0.4, -0.2) is 28.0 Å². The summed E-state index contributed by atoms with van der Waals surface area (Å²) in [6, 6.07) is 0. The number of aliphatic carboxylic acids is 1. The average Bonchev–Trinajstić information content (AvgIpc) is 2.84. The van der Waals surface area contributed by atoms with Gasteiger partial charge in [0, 0.05) is 18.1 Å². The zero-order chi connectivity index (χ0) is 17.1. The Balaban J connectivity index is 2.62. The van der Waals surface area contributed by atoms with E-state index in [4.69, 9.17) is 0 Å². The van der Waals surface area contributed by atoms with Gasteiger partial charge in [-0.2, -0.15) is 5.10 Å². The number of amidine groups is 1. The zero-order valence-corrected chi connectivity index (χ0v) is 14.8. The number of hydrogen-bond acceptors (Lipinski definition) is 6. The summed E-state index contributed by atoms with van der Waals surface area (Å²) in [5, 5.41) is 21.3. The Bertz CT molecular complexity index is 451. The van der Waals surface area contributed by atoms with Crippen LogP contribution < -0.4 is 10.4 Å². The predicted octanol–water partition coefficient (Wildman–Crippen LogP) is 2.23. The molecule has 130 valence electrons. The van der Waals surface area contributed by atoms with E-state index >= 15 is 0 Å². The van der Waals surface area contributed by atoms with Crippen molar-refractivity contribution in [2.75, 3.05) is 0 Å². The molecular weight excluding hydrogens is 314 g/mol. The zero-order valence-electron chi connectivity index (χ0n) is 14.0. The largest absolute Gasteiger partial charge is 0.550 e. The lowest BCUT2D eigenvalue weighted by atomic mass is 10.1. The third kappa shape index (κ3) is 8.16. The molecule has 1 fully saturated rings. The number of carboxylic acid groups (broad SMARTS) is 1. The van der Waals surface area contributed by atoms with E-state index in [0.717, 1.165) is 56.0 Å². The SMILES string of the molecule is CCCCCC(CCCCC)=N/N=C1/NC(=O)[C@@H](CC(=O)[O-])S1. The molecule has 0 unspecified atom stereocenters. The monoisotopic (exact) mass is 340 g/mol. The van der Waals surface area contributed by atoms with Crippen LogP contribution in [-0.2, 0) is 9.59 Å². The highest BCUT2D eigenvalue weighted by atomic mass is 32.2. The Labute approximate surface area is 142 Å². The van der Waals surface area contributed by atoms with Crippen LogP contribution in [0, 0.1) is 0 Å². The summed E-state index contributed by atoms with van der Waals surface area (Å²) in [4.78, 5) is 22.2. The Morgan fingerprint density at radius 3 is 2.30 bits per heavy atom. The number of hydrogen-bond donors (Lipinski definition) is 1. The first-order valence-corrected chi connectivity index (χ1v) is 9.25. The first-order chi connectivity index (χ1) is 11.1. The fraction of sp³-hybridized carbons (Fsp3) is 0.750. The maximum absolute atomic E-state index is 11.6. The number of nitrogens with one attached hydrogen (secondary N) is 1. The summed E-state index contributed by atoms with van der Waals surface area (Å²) in [5.41, 5.74) is 1.05. The van der Waals surface area contributed by atoms with Crippen LogP contribution in [0.25, 0.3) is 0 Å². The Morgan fingerprint density at radius 1 is 1.17 bits per heavy atom. The van der Waals surface area contributed by atoms with Gasteiger partial charge in [0.25, 0.3) is 0 Å². The first-order valence-electron chi connectivity index (χ1n) is 8.37. The highest BCUT2D eigenvalue weighted by Gasteiger charge is 2.30. The van der Waals surface area contributed by atoms with Crippen molar-refractivity contribution >= 4 is 34.5 Å². The van der Waals surface area contributed by atoms with Gasteiger partial charge in [-0.1, -0.05) is 51.3 Å². The number of carbonyl (C=O) groups is 2. The van der Waals surface area contributed by atoms with Gasteiger partial charge in [-0.05, 0) is 25.7 Å². The van der Waals surface area contributed by atoms with Crippen molar-refractivity contribution < 1.29 is 14.7 Å². The average molecular weight is 340 g/mol. The van der Waals surface area contributed by atoms with E-state index in [2.05, 4.69) is 29.4 Å². The number of carboxylic acids is 1. The van der Waals surface area contributed by atoms with Crippen LogP contribution in [0.1, 0.15) is 71.6 Å². The molecule has 0 bridgehead atoms. The molecule has 1 saturated heterocycles. The molecule has 7 heteroatoms. The molecule has 0 aliphatic carbocycles. The molecule has 6 nitrogen and oxygen atoms in total. The minimum Gasteiger partial charge on any atom is -0.550 e. The first kappa shape index (κ1) is 19.7. The highest BCUT2D eigenvalue weighted by Crippen LogP contribution is 2.22. The maximum Gasteiger partial charge on any atom is 0.239 e. The lowest BCUT2D eigenvalue weighted by Gasteiger charge is -2.05. The maximum atomic E-state index is 11.6. The van der Waals surface area contributed by atoms with Crippen molar-refractivity contribution in [3.63, 3.8) is 0 Å². The molecule has 0 saturated carbocycles. The molecular formula is C16H26N3O3S-. The molecule has 1 atom stereocenters. The van der Waals surface area contributed by atoms with Crippen molar-refractivity contribution in [2.24, 2.45) is 10.2 Å². The third-order valence-electron chi connectivity index (χ3n) is 3.55. The second-order valence-electron chi connectivity index (χ2n) is 5.66. The van der Waals surface area contributed by atoms with Gasteiger partial charge in [0.15, 0.2) is 5.17 Å². The summed E-state index contributed by atoms with van der Waals surface area (Å²) >= 11 is 1.11. The number of carbonyl (C=O) groups excluding carboxylic acids is 2. The summed E-state index contributed by atoms with van der Waals surface area (Å²) in [6.07, 6.45) is 8.40. The Kier molecular flexibility index (Phi) is 9.59. The molecule has 1 amide bonds. The fourth-order valence-electron chi connectivity index (χ4n) is 2.24. The molecule has 0 spiro atoms. The Morgan fingerprint density at radius 2 is 1.78 bits per heavy atom.